The molecule has 0 saturated heterocycles. The zero-order chi connectivity index (χ0) is 14.9. The van der Waals surface area contributed by atoms with Crippen LogP contribution in [0.25, 0.3) is 0 Å². The van der Waals surface area contributed by atoms with Gasteiger partial charge >= 0.3 is 0 Å². The zero-order valence-corrected chi connectivity index (χ0v) is 12.6. The summed E-state index contributed by atoms with van der Waals surface area (Å²) in [6, 6.07) is 5.61. The molecular weight excluding hydrogens is 254 g/mol. The summed E-state index contributed by atoms with van der Waals surface area (Å²) in [6.45, 7) is 5.86. The minimum absolute atomic E-state index is 0.243. The smallest absolute Gasteiger partial charge is 0.161 e. The first-order chi connectivity index (χ1) is 9.47. The largest absolute Gasteiger partial charge is 0.493 e. The average molecular weight is 275 g/mol. The van der Waals surface area contributed by atoms with Gasteiger partial charge < -0.3 is 19.6 Å². The summed E-state index contributed by atoms with van der Waals surface area (Å²) in [6.07, 6.45) is 0. The van der Waals surface area contributed by atoms with Gasteiger partial charge in [0.2, 0.25) is 0 Å². The van der Waals surface area contributed by atoms with Crippen molar-refractivity contribution in [3.63, 3.8) is 0 Å². The maximum Gasteiger partial charge on any atom is 0.161 e. The molecule has 0 fully saturated rings. The van der Waals surface area contributed by atoms with Gasteiger partial charge in [0.25, 0.3) is 0 Å². The zero-order valence-electron chi connectivity index (χ0n) is 12.6. The van der Waals surface area contributed by atoms with Gasteiger partial charge in [-0.1, -0.05) is 0 Å². The lowest BCUT2D eigenvalue weighted by Gasteiger charge is -2.17. The van der Waals surface area contributed by atoms with Gasteiger partial charge in [-0.3, -0.25) is 0 Å². The molecule has 2 N–H and O–H groups in total. The van der Waals surface area contributed by atoms with E-state index in [9.17, 15) is 0 Å². The van der Waals surface area contributed by atoms with Crippen LogP contribution >= 0.6 is 0 Å². The molecule has 108 valence electrons. The highest BCUT2D eigenvalue weighted by Gasteiger charge is 2.19. The van der Waals surface area contributed by atoms with Gasteiger partial charge in [0.1, 0.15) is 11.5 Å². The minimum atomic E-state index is -0.243. The van der Waals surface area contributed by atoms with Crippen LogP contribution in [0.4, 0.5) is 0 Å². The molecule has 0 bridgehead atoms. The second kappa shape index (κ2) is 5.59. The molecular formula is C16H21NO3. The number of ether oxygens (including phenoxy) is 2. The quantitative estimate of drug-likeness (QED) is 0.930. The van der Waals surface area contributed by atoms with Crippen molar-refractivity contribution in [2.75, 3.05) is 14.2 Å². The van der Waals surface area contributed by atoms with Gasteiger partial charge in [-0.05, 0) is 50.1 Å². The van der Waals surface area contributed by atoms with Crippen molar-refractivity contribution in [2.45, 2.75) is 26.8 Å². The molecule has 2 rings (SSSR count). The predicted molar refractivity (Wildman–Crippen MR) is 78.5 cm³/mol. The molecule has 0 aliphatic heterocycles. The van der Waals surface area contributed by atoms with Crippen LogP contribution in [0.1, 0.15) is 34.3 Å². The Morgan fingerprint density at radius 3 is 2.05 bits per heavy atom. The molecule has 1 unspecified atom stereocenters. The van der Waals surface area contributed by atoms with Crippen LogP contribution in [0.5, 0.6) is 11.5 Å². The maximum atomic E-state index is 6.39. The number of furan rings is 1. The lowest BCUT2D eigenvalue weighted by Crippen LogP contribution is -2.14. The first kappa shape index (κ1) is 14.5. The third kappa shape index (κ3) is 2.51. The minimum Gasteiger partial charge on any atom is -0.493 e. The monoisotopic (exact) mass is 275 g/mol. The molecule has 1 atom stereocenters. The number of hydrogen-bond donors (Lipinski definition) is 1. The molecule has 0 spiro atoms. The second-order valence-corrected chi connectivity index (χ2v) is 4.91. The van der Waals surface area contributed by atoms with E-state index in [2.05, 4.69) is 0 Å². The molecule has 1 heterocycles. The first-order valence-electron chi connectivity index (χ1n) is 6.53. The van der Waals surface area contributed by atoms with Gasteiger partial charge in [0, 0.05) is 5.56 Å². The molecule has 0 saturated carbocycles. The molecule has 0 aliphatic carbocycles. The van der Waals surface area contributed by atoms with Crippen molar-refractivity contribution in [1.82, 2.24) is 0 Å². The molecule has 0 radical (unpaired) electrons. The number of benzene rings is 1. The summed E-state index contributed by atoms with van der Waals surface area (Å²) in [4.78, 5) is 0. The van der Waals surface area contributed by atoms with Crippen LogP contribution < -0.4 is 15.2 Å². The Bertz CT molecular complexity index is 616. The van der Waals surface area contributed by atoms with E-state index in [1.54, 1.807) is 14.2 Å². The predicted octanol–water partition coefficient (Wildman–Crippen LogP) is 3.27. The first-order valence-corrected chi connectivity index (χ1v) is 6.53. The molecule has 2 aromatic rings. The third-order valence-corrected chi connectivity index (χ3v) is 3.52. The molecule has 4 nitrogen and oxygen atoms in total. The Labute approximate surface area is 119 Å². The number of aryl methyl sites for hydroxylation is 3. The summed E-state index contributed by atoms with van der Waals surface area (Å²) in [5, 5.41) is 0. The van der Waals surface area contributed by atoms with Crippen LogP contribution in [0, 0.1) is 20.8 Å². The standard InChI is InChI=1S/C16H21NO3/c1-9-6-14(18-4)15(19-5)8-12(9)16(17)13-7-10(2)20-11(13)3/h6-8,16H,17H2,1-5H3. The van der Waals surface area contributed by atoms with E-state index in [1.807, 2.05) is 39.0 Å². The van der Waals surface area contributed by atoms with E-state index in [0.717, 1.165) is 28.2 Å². The van der Waals surface area contributed by atoms with Crippen LogP contribution in [0.3, 0.4) is 0 Å². The summed E-state index contributed by atoms with van der Waals surface area (Å²) in [5.74, 6) is 3.11. The summed E-state index contributed by atoms with van der Waals surface area (Å²) in [5.41, 5.74) is 9.46. The Morgan fingerprint density at radius 2 is 1.55 bits per heavy atom. The molecule has 4 heteroatoms. The number of rotatable bonds is 4. The van der Waals surface area contributed by atoms with Crippen LogP contribution in [-0.4, -0.2) is 14.2 Å². The van der Waals surface area contributed by atoms with Crippen molar-refractivity contribution in [3.8, 4) is 11.5 Å². The summed E-state index contributed by atoms with van der Waals surface area (Å²) >= 11 is 0. The van der Waals surface area contributed by atoms with E-state index < -0.39 is 0 Å². The number of nitrogens with two attached hydrogens (primary N) is 1. The maximum absolute atomic E-state index is 6.39. The highest BCUT2D eigenvalue weighted by Crippen LogP contribution is 2.35. The summed E-state index contributed by atoms with van der Waals surface area (Å²) in [7, 11) is 3.25. The Morgan fingerprint density at radius 1 is 0.950 bits per heavy atom. The Kier molecular flexibility index (Phi) is 4.04. The number of methoxy groups -OCH3 is 2. The van der Waals surface area contributed by atoms with E-state index in [-0.39, 0.29) is 6.04 Å². The highest BCUT2D eigenvalue weighted by atomic mass is 16.5. The second-order valence-electron chi connectivity index (χ2n) is 4.91. The van der Waals surface area contributed by atoms with Crippen LogP contribution in [0.15, 0.2) is 22.6 Å². The van der Waals surface area contributed by atoms with Crippen LogP contribution in [0.2, 0.25) is 0 Å². The van der Waals surface area contributed by atoms with Gasteiger partial charge in [0.05, 0.1) is 20.3 Å². The SMILES string of the molecule is COc1cc(C)c(C(N)c2cc(C)oc2C)cc1OC. The lowest BCUT2D eigenvalue weighted by molar-refractivity contribution is 0.354. The van der Waals surface area contributed by atoms with E-state index >= 15 is 0 Å². The fourth-order valence-corrected chi connectivity index (χ4v) is 2.46. The molecule has 0 amide bonds. The number of hydrogen-bond acceptors (Lipinski definition) is 4. The topological polar surface area (TPSA) is 57.6 Å². The van der Waals surface area contributed by atoms with E-state index in [1.165, 1.54) is 0 Å². The van der Waals surface area contributed by atoms with Crippen molar-refractivity contribution >= 4 is 0 Å². The molecule has 1 aromatic heterocycles. The van der Waals surface area contributed by atoms with Crippen molar-refractivity contribution in [1.29, 1.82) is 0 Å². The van der Waals surface area contributed by atoms with E-state index in [0.29, 0.717) is 11.5 Å². The summed E-state index contributed by atoms with van der Waals surface area (Å²) < 4.78 is 16.2. The lowest BCUT2D eigenvalue weighted by atomic mass is 9.95. The Balaban J connectivity index is 2.49. The Hall–Kier alpha value is -1.94. The average Bonchev–Trinajstić information content (AvgIpc) is 2.76. The van der Waals surface area contributed by atoms with Gasteiger partial charge in [-0.25, -0.2) is 0 Å². The van der Waals surface area contributed by atoms with Gasteiger partial charge in [0.15, 0.2) is 11.5 Å². The third-order valence-electron chi connectivity index (χ3n) is 3.52. The van der Waals surface area contributed by atoms with Crippen molar-refractivity contribution in [2.24, 2.45) is 5.73 Å². The van der Waals surface area contributed by atoms with Gasteiger partial charge in [-0.2, -0.15) is 0 Å². The normalized spacial score (nSPS) is 12.3. The molecule has 20 heavy (non-hydrogen) atoms. The van der Waals surface area contributed by atoms with E-state index in [4.69, 9.17) is 19.6 Å². The molecule has 1 aromatic carbocycles. The fraction of sp³-hybridized carbons (Fsp3) is 0.375. The fourth-order valence-electron chi connectivity index (χ4n) is 2.46. The van der Waals surface area contributed by atoms with Gasteiger partial charge in [-0.15, -0.1) is 0 Å². The van der Waals surface area contributed by atoms with Crippen LogP contribution in [-0.2, 0) is 0 Å². The van der Waals surface area contributed by atoms with Crippen molar-refractivity contribution in [3.05, 3.63) is 46.4 Å². The highest BCUT2D eigenvalue weighted by molar-refractivity contribution is 5.50. The molecule has 0 aliphatic rings. The van der Waals surface area contributed by atoms with Crippen molar-refractivity contribution < 1.29 is 13.9 Å².